The molecule has 3 aromatic rings. The number of para-hydroxylation sites is 2. The number of tetrazole rings is 1. The topological polar surface area (TPSA) is 102 Å². The van der Waals surface area contributed by atoms with Crippen molar-refractivity contribution in [3.8, 4) is 5.69 Å². The van der Waals surface area contributed by atoms with E-state index in [1.165, 1.54) is 11.8 Å². The van der Waals surface area contributed by atoms with E-state index in [1.807, 2.05) is 62.4 Å². The number of thioether (sulfide) groups is 1. The third-order valence-corrected chi connectivity index (χ3v) is 4.88. The number of rotatable bonds is 7. The van der Waals surface area contributed by atoms with Gasteiger partial charge in [-0.05, 0) is 47.5 Å². The van der Waals surface area contributed by atoms with Gasteiger partial charge in [0, 0.05) is 5.69 Å². The van der Waals surface area contributed by atoms with Crippen molar-refractivity contribution in [2.45, 2.75) is 19.0 Å². The molecule has 1 aromatic heterocycles. The highest BCUT2D eigenvalue weighted by molar-refractivity contribution is 7.99. The van der Waals surface area contributed by atoms with Crippen molar-refractivity contribution in [1.29, 1.82) is 0 Å². The first kappa shape index (κ1) is 19.6. The summed E-state index contributed by atoms with van der Waals surface area (Å²) >= 11 is 1.20. The second-order valence-corrected chi connectivity index (χ2v) is 7.03. The SMILES string of the molecule is Cc1cccc(C)c1NC(=O)CNC(=O)CSc1nnnn1-c1ccccc1. The summed E-state index contributed by atoms with van der Waals surface area (Å²) < 4.78 is 1.56. The Morgan fingerprint density at radius 2 is 1.71 bits per heavy atom. The molecule has 0 aliphatic heterocycles. The lowest BCUT2D eigenvalue weighted by atomic mass is 10.1. The molecule has 8 nitrogen and oxygen atoms in total. The highest BCUT2D eigenvalue weighted by Gasteiger charge is 2.13. The minimum Gasteiger partial charge on any atom is -0.346 e. The molecule has 28 heavy (non-hydrogen) atoms. The normalized spacial score (nSPS) is 10.5. The van der Waals surface area contributed by atoms with Gasteiger partial charge >= 0.3 is 0 Å². The summed E-state index contributed by atoms with van der Waals surface area (Å²) in [5.74, 6) is -0.446. The van der Waals surface area contributed by atoms with Gasteiger partial charge in [0.05, 0.1) is 18.0 Å². The van der Waals surface area contributed by atoms with Gasteiger partial charge in [-0.15, -0.1) is 5.10 Å². The number of anilines is 1. The second kappa shape index (κ2) is 9.14. The molecule has 0 fully saturated rings. The Morgan fingerprint density at radius 1 is 1.00 bits per heavy atom. The maximum absolute atomic E-state index is 12.1. The molecule has 144 valence electrons. The zero-order chi connectivity index (χ0) is 19.9. The van der Waals surface area contributed by atoms with Crippen LogP contribution in [0.5, 0.6) is 0 Å². The summed E-state index contributed by atoms with van der Waals surface area (Å²) in [6.07, 6.45) is 0. The molecule has 1 heterocycles. The zero-order valence-corrected chi connectivity index (χ0v) is 16.4. The third-order valence-electron chi connectivity index (χ3n) is 3.97. The van der Waals surface area contributed by atoms with E-state index < -0.39 is 0 Å². The van der Waals surface area contributed by atoms with Crippen molar-refractivity contribution in [3.05, 3.63) is 59.7 Å². The van der Waals surface area contributed by atoms with Crippen LogP contribution in [0.1, 0.15) is 11.1 Å². The summed E-state index contributed by atoms with van der Waals surface area (Å²) in [7, 11) is 0. The van der Waals surface area contributed by atoms with Crippen LogP contribution in [-0.4, -0.2) is 44.3 Å². The van der Waals surface area contributed by atoms with E-state index in [2.05, 4.69) is 26.2 Å². The Bertz CT molecular complexity index is 953. The number of carbonyl (C=O) groups excluding carboxylic acids is 2. The van der Waals surface area contributed by atoms with E-state index in [0.29, 0.717) is 5.16 Å². The van der Waals surface area contributed by atoms with Crippen molar-refractivity contribution in [3.63, 3.8) is 0 Å². The van der Waals surface area contributed by atoms with E-state index in [4.69, 9.17) is 0 Å². The molecule has 0 saturated carbocycles. The summed E-state index contributed by atoms with van der Waals surface area (Å²) in [4.78, 5) is 24.2. The van der Waals surface area contributed by atoms with Gasteiger partial charge in [0.15, 0.2) is 0 Å². The number of hydrogen-bond donors (Lipinski definition) is 2. The van der Waals surface area contributed by atoms with Gasteiger partial charge in [-0.2, -0.15) is 4.68 Å². The Morgan fingerprint density at radius 3 is 2.43 bits per heavy atom. The van der Waals surface area contributed by atoms with Crippen molar-refractivity contribution in [2.75, 3.05) is 17.6 Å². The van der Waals surface area contributed by atoms with E-state index in [1.54, 1.807) is 4.68 Å². The molecule has 9 heteroatoms. The summed E-state index contributed by atoms with van der Waals surface area (Å²) in [6, 6.07) is 15.2. The Kier molecular flexibility index (Phi) is 6.38. The van der Waals surface area contributed by atoms with Gasteiger partial charge in [-0.1, -0.05) is 48.2 Å². The molecule has 0 spiro atoms. The molecule has 0 saturated heterocycles. The average molecular weight is 396 g/mol. The Balaban J connectivity index is 1.49. The lowest BCUT2D eigenvalue weighted by Gasteiger charge is -2.11. The fraction of sp³-hybridized carbons (Fsp3) is 0.211. The number of benzene rings is 2. The fourth-order valence-electron chi connectivity index (χ4n) is 2.56. The van der Waals surface area contributed by atoms with Crippen molar-refractivity contribution in [2.24, 2.45) is 0 Å². The van der Waals surface area contributed by atoms with Crippen molar-refractivity contribution in [1.82, 2.24) is 25.5 Å². The minimum absolute atomic E-state index is 0.100. The summed E-state index contributed by atoms with van der Waals surface area (Å²) in [6.45, 7) is 3.75. The molecule has 0 aliphatic rings. The number of nitrogens with one attached hydrogen (secondary N) is 2. The maximum atomic E-state index is 12.1. The van der Waals surface area contributed by atoms with Crippen molar-refractivity contribution >= 4 is 29.3 Å². The first-order valence-electron chi connectivity index (χ1n) is 8.64. The van der Waals surface area contributed by atoms with E-state index in [9.17, 15) is 9.59 Å². The first-order chi connectivity index (χ1) is 13.5. The van der Waals surface area contributed by atoms with Gasteiger partial charge in [0.2, 0.25) is 17.0 Å². The fourth-order valence-corrected chi connectivity index (χ4v) is 3.28. The van der Waals surface area contributed by atoms with Crippen LogP contribution < -0.4 is 10.6 Å². The van der Waals surface area contributed by atoms with Gasteiger partial charge in [0.25, 0.3) is 0 Å². The van der Waals surface area contributed by atoms with Crippen LogP contribution in [0, 0.1) is 13.8 Å². The van der Waals surface area contributed by atoms with E-state index in [0.717, 1.165) is 22.5 Å². The quantitative estimate of drug-likeness (QED) is 0.593. The Labute approximate surface area is 166 Å². The summed E-state index contributed by atoms with van der Waals surface area (Å²) in [5, 5.41) is 17.5. The molecular weight excluding hydrogens is 376 g/mol. The molecule has 3 rings (SSSR count). The van der Waals surface area contributed by atoms with Crippen LogP contribution in [0.2, 0.25) is 0 Å². The number of amides is 2. The van der Waals surface area contributed by atoms with Crippen LogP contribution in [0.4, 0.5) is 5.69 Å². The first-order valence-corrected chi connectivity index (χ1v) is 9.62. The monoisotopic (exact) mass is 396 g/mol. The highest BCUT2D eigenvalue weighted by atomic mass is 32.2. The predicted octanol–water partition coefficient (Wildman–Crippen LogP) is 2.13. The van der Waals surface area contributed by atoms with Crippen LogP contribution >= 0.6 is 11.8 Å². The van der Waals surface area contributed by atoms with Crippen LogP contribution in [0.3, 0.4) is 0 Å². The number of aryl methyl sites for hydroxylation is 2. The van der Waals surface area contributed by atoms with E-state index >= 15 is 0 Å². The lowest BCUT2D eigenvalue weighted by molar-refractivity contribution is -0.122. The lowest BCUT2D eigenvalue weighted by Crippen LogP contribution is -2.34. The molecule has 0 atom stereocenters. The van der Waals surface area contributed by atoms with Gasteiger partial charge in [-0.25, -0.2) is 0 Å². The number of nitrogens with zero attached hydrogens (tertiary/aromatic N) is 4. The highest BCUT2D eigenvalue weighted by Crippen LogP contribution is 2.19. The third kappa shape index (κ3) is 4.95. The number of hydrogen-bond acceptors (Lipinski definition) is 6. The minimum atomic E-state index is -0.274. The predicted molar refractivity (Wildman–Crippen MR) is 107 cm³/mol. The smallest absolute Gasteiger partial charge is 0.243 e. The van der Waals surface area contributed by atoms with E-state index in [-0.39, 0.29) is 24.1 Å². The second-order valence-electron chi connectivity index (χ2n) is 6.09. The molecule has 2 amide bonds. The van der Waals surface area contributed by atoms with Crippen LogP contribution in [0.25, 0.3) is 5.69 Å². The van der Waals surface area contributed by atoms with Gasteiger partial charge in [0.1, 0.15) is 0 Å². The molecule has 2 N–H and O–H groups in total. The average Bonchev–Trinajstić information content (AvgIpc) is 3.17. The molecule has 0 radical (unpaired) electrons. The van der Waals surface area contributed by atoms with Crippen molar-refractivity contribution < 1.29 is 9.59 Å². The molecular formula is C19H20N6O2S. The molecule has 0 unspecified atom stereocenters. The number of aromatic nitrogens is 4. The Hall–Kier alpha value is -3.20. The zero-order valence-electron chi connectivity index (χ0n) is 15.5. The molecule has 0 aliphatic carbocycles. The largest absolute Gasteiger partial charge is 0.346 e. The molecule has 2 aromatic carbocycles. The van der Waals surface area contributed by atoms with Crippen LogP contribution in [0.15, 0.2) is 53.7 Å². The summed E-state index contributed by atoms with van der Waals surface area (Å²) in [5.41, 5.74) is 3.53. The molecule has 0 bridgehead atoms. The standard InChI is InChI=1S/C19H20N6O2S/c1-13-7-6-8-14(2)18(13)21-16(26)11-20-17(27)12-28-19-22-23-24-25(19)15-9-4-3-5-10-15/h3-10H,11-12H2,1-2H3,(H,20,27)(H,21,26). The van der Waals surface area contributed by atoms with Gasteiger partial charge < -0.3 is 10.6 Å². The number of carbonyl (C=O) groups is 2. The van der Waals surface area contributed by atoms with Crippen LogP contribution in [-0.2, 0) is 9.59 Å². The van der Waals surface area contributed by atoms with Gasteiger partial charge in [-0.3, -0.25) is 9.59 Å². The maximum Gasteiger partial charge on any atom is 0.243 e.